The summed E-state index contributed by atoms with van der Waals surface area (Å²) in [7, 11) is 1.89. The molecule has 0 radical (unpaired) electrons. The first-order valence-electron chi connectivity index (χ1n) is 12.4. The van der Waals surface area contributed by atoms with Crippen molar-refractivity contribution in [3.05, 3.63) is 69.8 Å². The van der Waals surface area contributed by atoms with Crippen LogP contribution in [0.2, 0.25) is 10.0 Å². The van der Waals surface area contributed by atoms with Crippen molar-refractivity contribution in [1.82, 2.24) is 14.7 Å². The number of allylic oxidation sites excluding steroid dienone is 1. The van der Waals surface area contributed by atoms with E-state index in [9.17, 15) is 9.90 Å². The average Bonchev–Trinajstić information content (AvgIpc) is 3.68. The van der Waals surface area contributed by atoms with E-state index in [1.165, 1.54) is 0 Å². The van der Waals surface area contributed by atoms with Crippen LogP contribution >= 0.6 is 23.2 Å². The zero-order chi connectivity index (χ0) is 25.4. The van der Waals surface area contributed by atoms with E-state index in [1.54, 1.807) is 18.6 Å². The van der Waals surface area contributed by atoms with Crippen LogP contribution in [-0.2, 0) is 7.05 Å². The van der Waals surface area contributed by atoms with Gasteiger partial charge in [0.25, 0.3) is 0 Å². The number of aryl methyl sites for hydroxylation is 1. The van der Waals surface area contributed by atoms with Gasteiger partial charge in [-0.25, -0.2) is 4.79 Å². The fraction of sp³-hybridized carbons (Fsp3) is 0.321. The number of anilines is 1. The molecule has 7 nitrogen and oxygen atoms in total. The van der Waals surface area contributed by atoms with E-state index in [1.807, 2.05) is 23.7 Å². The van der Waals surface area contributed by atoms with E-state index in [0.717, 1.165) is 53.8 Å². The standard InChI is InChI=1S/C28H24Cl2N4O3/c1-33-11-21(28(35)36)17-5-4-15(8-24(17)33)34-12-19-16(20(19)13-34)6-7-18-26(32-37-27(18)14-2-3-14)25-22(29)9-31-10-23(25)30/h4-11,14,16,19-20H,2-3,12-13H2,1H3,(H,35,36)/b7-6+. The molecule has 9 heteroatoms. The number of hydrogen-bond donors (Lipinski definition) is 1. The number of piperidine rings is 1. The van der Waals surface area contributed by atoms with E-state index in [4.69, 9.17) is 27.7 Å². The monoisotopic (exact) mass is 534 g/mol. The number of fused-ring (bicyclic) bond motifs is 2. The van der Waals surface area contributed by atoms with Gasteiger partial charge in [0.15, 0.2) is 0 Å². The lowest BCUT2D eigenvalue weighted by Gasteiger charge is -2.21. The van der Waals surface area contributed by atoms with Gasteiger partial charge in [-0.1, -0.05) is 40.5 Å². The van der Waals surface area contributed by atoms with Crippen LogP contribution in [0.1, 0.15) is 40.4 Å². The number of carboxylic acids is 1. The van der Waals surface area contributed by atoms with E-state index in [2.05, 4.69) is 33.3 Å². The fourth-order valence-corrected chi connectivity index (χ4v) is 6.49. The number of carbonyl (C=O) groups is 1. The molecule has 1 aromatic carbocycles. The molecule has 0 bridgehead atoms. The highest BCUT2D eigenvalue weighted by atomic mass is 35.5. The van der Waals surface area contributed by atoms with Crippen molar-refractivity contribution in [3.63, 3.8) is 0 Å². The summed E-state index contributed by atoms with van der Waals surface area (Å²) in [5.74, 6) is 2.12. The molecule has 1 N–H and O–H groups in total. The van der Waals surface area contributed by atoms with Crippen LogP contribution in [-0.4, -0.2) is 38.9 Å². The Morgan fingerprint density at radius 2 is 1.89 bits per heavy atom. The molecule has 0 amide bonds. The third-order valence-electron chi connectivity index (χ3n) is 8.11. The zero-order valence-electron chi connectivity index (χ0n) is 20.1. The summed E-state index contributed by atoms with van der Waals surface area (Å²) >= 11 is 12.9. The molecule has 3 fully saturated rings. The number of halogens is 2. The largest absolute Gasteiger partial charge is 0.478 e. The van der Waals surface area contributed by atoms with Gasteiger partial charge in [0.05, 0.1) is 21.1 Å². The number of rotatable bonds is 6. The van der Waals surface area contributed by atoms with Gasteiger partial charge in [-0.2, -0.15) is 0 Å². The van der Waals surface area contributed by atoms with Crippen molar-refractivity contribution >= 4 is 51.8 Å². The molecule has 188 valence electrons. The van der Waals surface area contributed by atoms with Crippen molar-refractivity contribution < 1.29 is 14.4 Å². The lowest BCUT2D eigenvalue weighted by molar-refractivity contribution is 0.0699. The molecule has 4 aromatic rings. The molecule has 7 rings (SSSR count). The molecule has 3 aliphatic rings. The van der Waals surface area contributed by atoms with Crippen molar-refractivity contribution in [1.29, 1.82) is 0 Å². The highest BCUT2D eigenvalue weighted by molar-refractivity contribution is 6.39. The van der Waals surface area contributed by atoms with Crippen LogP contribution in [0.4, 0.5) is 5.69 Å². The first-order chi connectivity index (χ1) is 17.9. The summed E-state index contributed by atoms with van der Waals surface area (Å²) in [6.07, 6.45) is 11.5. The predicted octanol–water partition coefficient (Wildman–Crippen LogP) is 6.51. The number of nitrogens with zero attached hydrogens (tertiary/aromatic N) is 4. The van der Waals surface area contributed by atoms with Crippen molar-refractivity contribution in [2.24, 2.45) is 24.8 Å². The van der Waals surface area contributed by atoms with Gasteiger partial charge >= 0.3 is 5.97 Å². The van der Waals surface area contributed by atoms with Gasteiger partial charge in [-0.3, -0.25) is 4.98 Å². The lowest BCUT2D eigenvalue weighted by Crippen LogP contribution is -2.23. The van der Waals surface area contributed by atoms with Crippen LogP contribution in [0.25, 0.3) is 28.2 Å². The Hall–Kier alpha value is -3.29. The van der Waals surface area contributed by atoms with Gasteiger partial charge in [0.1, 0.15) is 11.5 Å². The van der Waals surface area contributed by atoms with E-state index < -0.39 is 5.97 Å². The van der Waals surface area contributed by atoms with Gasteiger partial charge in [-0.05, 0) is 48.8 Å². The fourth-order valence-electron chi connectivity index (χ4n) is 5.94. The Balaban J connectivity index is 1.11. The van der Waals surface area contributed by atoms with Crippen LogP contribution in [0, 0.1) is 17.8 Å². The Bertz CT molecular complexity index is 1570. The Morgan fingerprint density at radius 1 is 1.16 bits per heavy atom. The summed E-state index contributed by atoms with van der Waals surface area (Å²) in [6.45, 7) is 1.96. The maximum Gasteiger partial charge on any atom is 0.337 e. The van der Waals surface area contributed by atoms with Crippen molar-refractivity contribution in [2.75, 3.05) is 18.0 Å². The SMILES string of the molecule is Cn1cc(C(=O)O)c2ccc(N3CC4C(/C=C/c5c(-c6c(Cl)cncc6Cl)noc5C5CC5)C4C3)cc21. The molecule has 2 aliphatic carbocycles. The van der Waals surface area contributed by atoms with E-state index in [0.29, 0.717) is 50.5 Å². The summed E-state index contributed by atoms with van der Waals surface area (Å²) in [5, 5.41) is 15.5. The van der Waals surface area contributed by atoms with Gasteiger partial charge in [-0.15, -0.1) is 0 Å². The first-order valence-corrected chi connectivity index (χ1v) is 13.2. The van der Waals surface area contributed by atoms with Crippen molar-refractivity contribution in [3.8, 4) is 11.3 Å². The van der Waals surface area contributed by atoms with Crippen LogP contribution in [0.3, 0.4) is 0 Å². The molecule has 0 spiro atoms. The highest BCUT2D eigenvalue weighted by Gasteiger charge is 2.54. The number of benzene rings is 1. The van der Waals surface area contributed by atoms with E-state index in [-0.39, 0.29) is 0 Å². The first kappa shape index (κ1) is 22.9. The third-order valence-corrected chi connectivity index (χ3v) is 8.68. The molecular formula is C28H24Cl2N4O3. The van der Waals surface area contributed by atoms with Gasteiger partial charge in [0, 0.05) is 66.8 Å². The highest BCUT2D eigenvalue weighted by Crippen LogP contribution is 2.54. The molecule has 1 aliphatic heterocycles. The maximum atomic E-state index is 11.5. The molecular weight excluding hydrogens is 511 g/mol. The molecule has 2 saturated carbocycles. The minimum atomic E-state index is -0.898. The molecule has 2 atom stereocenters. The second-order valence-electron chi connectivity index (χ2n) is 10.4. The minimum Gasteiger partial charge on any atom is -0.478 e. The molecule has 4 heterocycles. The van der Waals surface area contributed by atoms with Crippen LogP contribution in [0.5, 0.6) is 0 Å². The maximum absolute atomic E-state index is 11.5. The summed E-state index contributed by atoms with van der Waals surface area (Å²) < 4.78 is 7.67. The Labute approximate surface area is 223 Å². The normalized spacial score (nSPS) is 22.8. The zero-order valence-corrected chi connectivity index (χ0v) is 21.6. The molecule has 3 aromatic heterocycles. The lowest BCUT2D eigenvalue weighted by atomic mass is 10.0. The Morgan fingerprint density at radius 3 is 2.57 bits per heavy atom. The van der Waals surface area contributed by atoms with Crippen LogP contribution in [0.15, 0.2) is 47.4 Å². The third kappa shape index (κ3) is 3.75. The van der Waals surface area contributed by atoms with Crippen LogP contribution < -0.4 is 4.90 Å². The van der Waals surface area contributed by atoms with E-state index >= 15 is 0 Å². The van der Waals surface area contributed by atoms with Crippen molar-refractivity contribution in [2.45, 2.75) is 18.8 Å². The number of pyridine rings is 1. The second-order valence-corrected chi connectivity index (χ2v) is 11.2. The number of carboxylic acid groups (broad SMARTS) is 1. The number of hydrogen-bond acceptors (Lipinski definition) is 5. The predicted molar refractivity (Wildman–Crippen MR) is 143 cm³/mol. The smallest absolute Gasteiger partial charge is 0.337 e. The minimum absolute atomic E-state index is 0.339. The van der Waals surface area contributed by atoms with Gasteiger partial charge < -0.3 is 19.1 Å². The number of aromatic nitrogens is 3. The molecule has 2 unspecified atom stereocenters. The Kier molecular flexibility index (Phi) is 5.17. The molecule has 1 saturated heterocycles. The number of aromatic carboxylic acids is 1. The summed E-state index contributed by atoms with van der Waals surface area (Å²) in [4.78, 5) is 18.0. The second kappa shape index (κ2) is 8.36. The summed E-state index contributed by atoms with van der Waals surface area (Å²) in [6, 6.07) is 6.07. The average molecular weight is 535 g/mol. The topological polar surface area (TPSA) is 84.4 Å². The van der Waals surface area contributed by atoms with Gasteiger partial charge in [0.2, 0.25) is 0 Å². The summed E-state index contributed by atoms with van der Waals surface area (Å²) in [5.41, 5.74) is 4.74. The quantitative estimate of drug-likeness (QED) is 0.303. The molecule has 37 heavy (non-hydrogen) atoms.